The fourth-order valence-electron chi connectivity index (χ4n) is 4.29. The number of carbonyl (C=O) groups excluding carboxylic acids is 1. The number of carbonyl (C=O) groups is 1. The van der Waals surface area contributed by atoms with Gasteiger partial charge in [-0.3, -0.25) is 4.79 Å². The van der Waals surface area contributed by atoms with Crippen molar-refractivity contribution >= 4 is 21.9 Å². The zero-order valence-electron chi connectivity index (χ0n) is 23.1. The molecule has 0 bridgehead atoms. The topological polar surface area (TPSA) is 134 Å². The number of amides is 1. The number of nitrogens with zero attached hydrogens (tertiary/aromatic N) is 1. The van der Waals surface area contributed by atoms with Crippen LogP contribution in [-0.4, -0.2) is 43.1 Å². The number of oxazole rings is 1. The number of aliphatic hydroxyl groups is 1. The van der Waals surface area contributed by atoms with Crippen LogP contribution in [0.4, 0.5) is 14.8 Å². The molecule has 0 aliphatic carbocycles. The minimum absolute atomic E-state index is 0.0169. The Kier molecular flexibility index (Phi) is 10.0. The molecule has 2 unspecified atom stereocenters. The lowest BCUT2D eigenvalue weighted by Crippen LogP contribution is -2.48. The van der Waals surface area contributed by atoms with Crippen LogP contribution in [0, 0.1) is 18.6 Å². The standard InChI is InChI=1S/C30H32F2N4O5S/c1-3-20-5-4-6-21(11-20)16-33-17-28(37)26(14-22-12-23(31)15-24(32)13-22)34-29(38)27-18-41-30(35-27)36-42(39,40)25-9-7-19(2)8-10-25/h4-13,15,18,26,28,33,37H,3,14,16-17H2,1-2H3,(H,34,38)(H,35,36). The predicted molar refractivity (Wildman–Crippen MR) is 153 cm³/mol. The molecule has 1 heterocycles. The normalized spacial score (nSPS) is 13.0. The Labute approximate surface area is 243 Å². The van der Waals surface area contributed by atoms with Crippen molar-refractivity contribution in [3.05, 3.63) is 113 Å². The van der Waals surface area contributed by atoms with Gasteiger partial charge in [0.2, 0.25) is 0 Å². The summed E-state index contributed by atoms with van der Waals surface area (Å²) in [6.07, 6.45) is 0.582. The van der Waals surface area contributed by atoms with E-state index in [-0.39, 0.29) is 29.1 Å². The van der Waals surface area contributed by atoms with Gasteiger partial charge in [0, 0.05) is 19.2 Å². The number of nitrogens with one attached hydrogen (secondary N) is 3. The van der Waals surface area contributed by atoms with Crippen LogP contribution in [0.15, 0.2) is 82.3 Å². The molecule has 0 radical (unpaired) electrons. The van der Waals surface area contributed by atoms with Crippen molar-refractivity contribution in [1.29, 1.82) is 0 Å². The molecule has 0 saturated carbocycles. The van der Waals surface area contributed by atoms with Gasteiger partial charge in [-0.2, -0.15) is 4.98 Å². The summed E-state index contributed by atoms with van der Waals surface area (Å²) in [6.45, 7) is 4.38. The highest BCUT2D eigenvalue weighted by atomic mass is 32.2. The molecule has 4 N–H and O–H groups in total. The first kappa shape index (κ1) is 30.8. The van der Waals surface area contributed by atoms with Gasteiger partial charge < -0.3 is 20.2 Å². The molecule has 1 aromatic heterocycles. The van der Waals surface area contributed by atoms with Crippen LogP contribution < -0.4 is 15.4 Å². The van der Waals surface area contributed by atoms with Gasteiger partial charge in [-0.15, -0.1) is 0 Å². The number of hydrogen-bond donors (Lipinski definition) is 4. The molecular formula is C30H32F2N4O5S. The monoisotopic (exact) mass is 598 g/mol. The van der Waals surface area contributed by atoms with Crippen LogP contribution in [0.2, 0.25) is 0 Å². The first-order valence-electron chi connectivity index (χ1n) is 13.3. The van der Waals surface area contributed by atoms with E-state index in [1.54, 1.807) is 12.1 Å². The molecule has 0 saturated heterocycles. The maximum atomic E-state index is 13.9. The predicted octanol–water partition coefficient (Wildman–Crippen LogP) is 4.12. The largest absolute Gasteiger partial charge is 0.431 e. The molecule has 222 valence electrons. The molecule has 0 fully saturated rings. The van der Waals surface area contributed by atoms with E-state index < -0.39 is 45.7 Å². The average molecular weight is 599 g/mol. The Morgan fingerprint density at radius 1 is 1.00 bits per heavy atom. The SMILES string of the molecule is CCc1cccc(CNCC(O)C(Cc2cc(F)cc(F)c2)NC(=O)c2coc(NS(=O)(=O)c3ccc(C)cc3)n2)c1. The molecule has 2 atom stereocenters. The van der Waals surface area contributed by atoms with Gasteiger partial charge >= 0.3 is 6.01 Å². The van der Waals surface area contributed by atoms with Crippen molar-refractivity contribution in [1.82, 2.24) is 15.6 Å². The van der Waals surface area contributed by atoms with Gasteiger partial charge in [0.25, 0.3) is 15.9 Å². The van der Waals surface area contributed by atoms with Crippen molar-refractivity contribution in [2.24, 2.45) is 0 Å². The van der Waals surface area contributed by atoms with Gasteiger partial charge in [-0.1, -0.05) is 48.9 Å². The van der Waals surface area contributed by atoms with Crippen LogP contribution in [0.25, 0.3) is 0 Å². The van der Waals surface area contributed by atoms with Crippen molar-refractivity contribution in [2.45, 2.75) is 50.3 Å². The third-order valence-corrected chi connectivity index (χ3v) is 7.87. The van der Waals surface area contributed by atoms with Gasteiger partial charge in [-0.05, 0) is 60.7 Å². The van der Waals surface area contributed by atoms with E-state index in [1.165, 1.54) is 17.7 Å². The van der Waals surface area contributed by atoms with Crippen LogP contribution in [-0.2, 0) is 29.4 Å². The second-order valence-corrected chi connectivity index (χ2v) is 11.6. The Balaban J connectivity index is 1.45. The first-order valence-corrected chi connectivity index (χ1v) is 14.8. The summed E-state index contributed by atoms with van der Waals surface area (Å²) in [5.74, 6) is -2.36. The summed E-state index contributed by atoms with van der Waals surface area (Å²) in [5.41, 5.74) is 3.02. The molecule has 0 aliphatic rings. The fourth-order valence-corrected chi connectivity index (χ4v) is 5.23. The molecule has 12 heteroatoms. The summed E-state index contributed by atoms with van der Waals surface area (Å²) in [7, 11) is -4.02. The first-order chi connectivity index (χ1) is 20.0. The van der Waals surface area contributed by atoms with Crippen LogP contribution in [0.1, 0.15) is 39.7 Å². The minimum Gasteiger partial charge on any atom is -0.431 e. The Morgan fingerprint density at radius 2 is 1.69 bits per heavy atom. The van der Waals surface area contributed by atoms with Gasteiger partial charge in [0.05, 0.1) is 17.0 Å². The lowest BCUT2D eigenvalue weighted by atomic mass is 10.00. The Bertz CT molecular complexity index is 1610. The highest BCUT2D eigenvalue weighted by Gasteiger charge is 2.25. The number of halogens is 2. The number of sulfonamides is 1. The summed E-state index contributed by atoms with van der Waals surface area (Å²) in [6, 6.07) is 15.6. The Morgan fingerprint density at radius 3 is 2.38 bits per heavy atom. The van der Waals surface area contributed by atoms with E-state index in [4.69, 9.17) is 4.42 Å². The third kappa shape index (κ3) is 8.44. The number of aromatic nitrogens is 1. The molecule has 0 aliphatic heterocycles. The molecular weight excluding hydrogens is 566 g/mol. The van der Waals surface area contributed by atoms with E-state index in [2.05, 4.69) is 27.3 Å². The summed E-state index contributed by atoms with van der Waals surface area (Å²) in [5, 5.41) is 16.8. The van der Waals surface area contributed by atoms with Crippen molar-refractivity contribution < 1.29 is 31.5 Å². The smallest absolute Gasteiger partial charge is 0.309 e. The summed E-state index contributed by atoms with van der Waals surface area (Å²) < 4.78 is 60.3. The van der Waals surface area contributed by atoms with Crippen molar-refractivity contribution in [2.75, 3.05) is 11.3 Å². The molecule has 9 nitrogen and oxygen atoms in total. The van der Waals surface area contributed by atoms with Crippen LogP contribution in [0.3, 0.4) is 0 Å². The zero-order valence-corrected chi connectivity index (χ0v) is 23.9. The number of benzene rings is 3. The average Bonchev–Trinajstić information content (AvgIpc) is 3.40. The minimum atomic E-state index is -4.02. The van der Waals surface area contributed by atoms with Crippen LogP contribution >= 0.6 is 0 Å². The molecule has 4 aromatic rings. The number of hydrogen-bond acceptors (Lipinski definition) is 7. The number of anilines is 1. The maximum absolute atomic E-state index is 13.9. The highest BCUT2D eigenvalue weighted by Crippen LogP contribution is 2.17. The zero-order chi connectivity index (χ0) is 30.3. The Hall–Kier alpha value is -4.13. The number of rotatable bonds is 13. The number of aryl methyl sites for hydroxylation is 2. The van der Waals surface area contributed by atoms with Gasteiger partial charge in [-0.25, -0.2) is 21.9 Å². The van der Waals surface area contributed by atoms with E-state index in [0.29, 0.717) is 6.54 Å². The second kappa shape index (κ2) is 13.7. The number of aliphatic hydroxyl groups excluding tert-OH is 1. The van der Waals surface area contributed by atoms with Crippen LogP contribution in [0.5, 0.6) is 0 Å². The van der Waals surface area contributed by atoms with Crippen molar-refractivity contribution in [3.8, 4) is 0 Å². The van der Waals surface area contributed by atoms with E-state index >= 15 is 0 Å². The molecule has 42 heavy (non-hydrogen) atoms. The van der Waals surface area contributed by atoms with Crippen molar-refractivity contribution in [3.63, 3.8) is 0 Å². The van der Waals surface area contributed by atoms with Gasteiger partial charge in [0.15, 0.2) is 5.69 Å². The molecule has 1 amide bonds. The lowest BCUT2D eigenvalue weighted by Gasteiger charge is -2.24. The maximum Gasteiger partial charge on any atom is 0.309 e. The van der Waals surface area contributed by atoms with E-state index in [0.717, 1.165) is 42.0 Å². The third-order valence-electron chi connectivity index (χ3n) is 6.53. The van der Waals surface area contributed by atoms with E-state index in [9.17, 15) is 27.1 Å². The molecule has 3 aromatic carbocycles. The quantitative estimate of drug-likeness (QED) is 0.182. The lowest BCUT2D eigenvalue weighted by molar-refractivity contribution is 0.0825. The second-order valence-electron chi connectivity index (χ2n) is 9.89. The summed E-state index contributed by atoms with van der Waals surface area (Å²) in [4.78, 5) is 16.9. The van der Waals surface area contributed by atoms with Gasteiger partial charge in [0.1, 0.15) is 17.9 Å². The highest BCUT2D eigenvalue weighted by molar-refractivity contribution is 7.92. The molecule has 0 spiro atoms. The van der Waals surface area contributed by atoms with E-state index in [1.807, 2.05) is 31.2 Å². The summed E-state index contributed by atoms with van der Waals surface area (Å²) >= 11 is 0. The molecule has 4 rings (SSSR count). The fraction of sp³-hybridized carbons (Fsp3) is 0.267.